The van der Waals surface area contributed by atoms with Crippen molar-refractivity contribution in [3.63, 3.8) is 0 Å². The van der Waals surface area contributed by atoms with Crippen LogP contribution in [-0.4, -0.2) is 20.3 Å². The maximum atomic E-state index is 11.0. The summed E-state index contributed by atoms with van der Waals surface area (Å²) < 4.78 is 15.6. The molecule has 9 heavy (non-hydrogen) atoms. The van der Waals surface area contributed by atoms with Crippen molar-refractivity contribution in [3.8, 4) is 0 Å². The molecule has 4 heteroatoms. The standard InChI is InChI=1S/C5H8O2S2/c6-9-4-2-1-3-7-5(4,9)8/h4,8H,1-3H2. The van der Waals surface area contributed by atoms with Crippen LogP contribution in [0, 0.1) is 0 Å². The van der Waals surface area contributed by atoms with Crippen LogP contribution in [0.3, 0.4) is 0 Å². The molecule has 2 heterocycles. The van der Waals surface area contributed by atoms with Gasteiger partial charge < -0.3 is 4.74 Å². The third kappa shape index (κ3) is 0.700. The summed E-state index contributed by atoms with van der Waals surface area (Å²) in [6.07, 6.45) is 2.06. The second kappa shape index (κ2) is 1.74. The maximum absolute atomic E-state index is 11.0. The second-order valence-electron chi connectivity index (χ2n) is 2.41. The van der Waals surface area contributed by atoms with E-state index in [-0.39, 0.29) is 5.25 Å². The third-order valence-electron chi connectivity index (χ3n) is 1.82. The number of hydrogen-bond donors (Lipinski definition) is 1. The molecule has 0 N–H and O–H groups in total. The minimum atomic E-state index is -0.798. The highest BCUT2D eigenvalue weighted by molar-refractivity contribution is 8.10. The Kier molecular flexibility index (Phi) is 1.19. The zero-order valence-corrected chi connectivity index (χ0v) is 6.58. The quantitative estimate of drug-likeness (QED) is 0.417. The Bertz CT molecular complexity index is 170. The average Bonchev–Trinajstić information content (AvgIpc) is 2.38. The molecule has 0 radical (unpaired) electrons. The Morgan fingerprint density at radius 3 is 3.00 bits per heavy atom. The molecule has 3 atom stereocenters. The van der Waals surface area contributed by atoms with Crippen molar-refractivity contribution in [2.45, 2.75) is 22.4 Å². The van der Waals surface area contributed by atoms with E-state index in [4.69, 9.17) is 4.74 Å². The molecule has 2 saturated heterocycles. The summed E-state index contributed by atoms with van der Waals surface area (Å²) in [4.78, 5) is 0. The zero-order valence-electron chi connectivity index (χ0n) is 4.87. The molecule has 0 aromatic rings. The summed E-state index contributed by atoms with van der Waals surface area (Å²) in [5.74, 6) is 0. The topological polar surface area (TPSA) is 26.3 Å². The summed E-state index contributed by atoms with van der Waals surface area (Å²) in [6.45, 7) is 0.728. The second-order valence-corrected chi connectivity index (χ2v) is 5.14. The molecule has 0 aliphatic carbocycles. The van der Waals surface area contributed by atoms with Gasteiger partial charge in [0.15, 0.2) is 0 Å². The Morgan fingerprint density at radius 2 is 2.56 bits per heavy atom. The third-order valence-corrected chi connectivity index (χ3v) is 4.78. The summed E-state index contributed by atoms with van der Waals surface area (Å²) >= 11 is 4.16. The van der Waals surface area contributed by atoms with Crippen LogP contribution in [0.2, 0.25) is 0 Å². The maximum Gasteiger partial charge on any atom is 0.201 e. The molecule has 0 amide bonds. The molecule has 2 aliphatic heterocycles. The van der Waals surface area contributed by atoms with Crippen LogP contribution in [-0.2, 0) is 15.5 Å². The number of thiol groups is 1. The van der Waals surface area contributed by atoms with E-state index in [0.29, 0.717) is 0 Å². The molecular weight excluding hydrogens is 156 g/mol. The fourth-order valence-corrected chi connectivity index (χ4v) is 3.34. The lowest BCUT2D eigenvalue weighted by molar-refractivity contribution is 0.0811. The first-order chi connectivity index (χ1) is 4.25. The first-order valence-corrected chi connectivity index (χ1v) is 4.68. The number of hydrogen-bond acceptors (Lipinski definition) is 3. The molecule has 0 aromatic heterocycles. The van der Waals surface area contributed by atoms with Crippen LogP contribution in [0.5, 0.6) is 0 Å². The van der Waals surface area contributed by atoms with E-state index < -0.39 is 15.1 Å². The lowest BCUT2D eigenvalue weighted by Crippen LogP contribution is -2.18. The van der Waals surface area contributed by atoms with Crippen LogP contribution in [0.1, 0.15) is 12.8 Å². The molecule has 2 aliphatic rings. The Balaban J connectivity index is 2.18. The minimum Gasteiger partial charge on any atom is -0.352 e. The van der Waals surface area contributed by atoms with E-state index in [0.717, 1.165) is 19.4 Å². The van der Waals surface area contributed by atoms with E-state index in [9.17, 15) is 4.21 Å². The van der Waals surface area contributed by atoms with Crippen molar-refractivity contribution in [1.82, 2.24) is 0 Å². The molecule has 0 aromatic carbocycles. The lowest BCUT2D eigenvalue weighted by Gasteiger charge is -2.12. The van der Waals surface area contributed by atoms with Crippen LogP contribution < -0.4 is 0 Å². The fraction of sp³-hybridized carbons (Fsp3) is 1.00. The van der Waals surface area contributed by atoms with Crippen LogP contribution >= 0.6 is 12.6 Å². The number of rotatable bonds is 0. The predicted molar refractivity (Wildman–Crippen MR) is 38.8 cm³/mol. The van der Waals surface area contributed by atoms with Gasteiger partial charge in [-0.1, -0.05) is 0 Å². The largest absolute Gasteiger partial charge is 0.352 e. The van der Waals surface area contributed by atoms with Gasteiger partial charge in [-0.15, -0.1) is 12.6 Å². The molecule has 52 valence electrons. The summed E-state index contributed by atoms with van der Waals surface area (Å²) in [7, 11) is -0.798. The van der Waals surface area contributed by atoms with Crippen molar-refractivity contribution in [2.24, 2.45) is 0 Å². The first kappa shape index (κ1) is 6.19. The highest BCUT2D eigenvalue weighted by Crippen LogP contribution is 2.50. The van der Waals surface area contributed by atoms with Crippen molar-refractivity contribution < 1.29 is 8.95 Å². The van der Waals surface area contributed by atoms with E-state index in [1.165, 1.54) is 0 Å². The normalized spacial score (nSPS) is 56.6. The van der Waals surface area contributed by atoms with Gasteiger partial charge in [0.25, 0.3) is 0 Å². The van der Waals surface area contributed by atoms with Gasteiger partial charge in [0.1, 0.15) is 0 Å². The Hall–Kier alpha value is 0.460. The first-order valence-electron chi connectivity index (χ1n) is 3.02. The van der Waals surface area contributed by atoms with Crippen LogP contribution in [0.15, 0.2) is 0 Å². The van der Waals surface area contributed by atoms with Gasteiger partial charge >= 0.3 is 0 Å². The zero-order chi connectivity index (χ0) is 6.48. The van der Waals surface area contributed by atoms with E-state index in [1.807, 2.05) is 0 Å². The van der Waals surface area contributed by atoms with Crippen molar-refractivity contribution >= 4 is 23.4 Å². The van der Waals surface area contributed by atoms with E-state index in [1.54, 1.807) is 0 Å². The monoisotopic (exact) mass is 164 g/mol. The highest BCUT2D eigenvalue weighted by Gasteiger charge is 2.64. The van der Waals surface area contributed by atoms with Crippen LogP contribution in [0.4, 0.5) is 0 Å². The number of fused-ring (bicyclic) bond motifs is 1. The predicted octanol–water partition coefficient (Wildman–Crippen LogP) is 0.511. The number of ether oxygens (including phenoxy) is 1. The molecular formula is C5H8O2S2. The Labute approximate surface area is 61.8 Å². The average molecular weight is 164 g/mol. The molecule has 2 rings (SSSR count). The molecule has 2 nitrogen and oxygen atoms in total. The summed E-state index contributed by atoms with van der Waals surface area (Å²) in [5, 5.41) is 0.231. The SMILES string of the molecule is O=S1C2CCCOC21S. The molecule has 0 saturated carbocycles. The van der Waals surface area contributed by atoms with Gasteiger partial charge in [-0.25, -0.2) is 0 Å². The van der Waals surface area contributed by atoms with Gasteiger partial charge in [-0.3, -0.25) is 4.21 Å². The van der Waals surface area contributed by atoms with E-state index in [2.05, 4.69) is 12.6 Å². The molecule has 3 unspecified atom stereocenters. The molecule has 0 spiro atoms. The summed E-state index contributed by atoms with van der Waals surface area (Å²) in [6, 6.07) is 0. The Morgan fingerprint density at radius 1 is 1.78 bits per heavy atom. The van der Waals surface area contributed by atoms with E-state index >= 15 is 0 Å². The van der Waals surface area contributed by atoms with Crippen molar-refractivity contribution in [1.29, 1.82) is 0 Å². The summed E-state index contributed by atoms with van der Waals surface area (Å²) in [5.41, 5.74) is 0. The van der Waals surface area contributed by atoms with Gasteiger partial charge in [-0.05, 0) is 12.8 Å². The van der Waals surface area contributed by atoms with Crippen molar-refractivity contribution in [2.75, 3.05) is 6.61 Å². The van der Waals surface area contributed by atoms with Gasteiger partial charge in [0.2, 0.25) is 4.27 Å². The lowest BCUT2D eigenvalue weighted by atomic mass is 10.2. The highest BCUT2D eigenvalue weighted by atomic mass is 32.2. The minimum absolute atomic E-state index is 0.231. The van der Waals surface area contributed by atoms with Gasteiger partial charge in [0.05, 0.1) is 16.0 Å². The fourth-order valence-electron chi connectivity index (χ4n) is 1.19. The van der Waals surface area contributed by atoms with Crippen molar-refractivity contribution in [3.05, 3.63) is 0 Å². The smallest absolute Gasteiger partial charge is 0.201 e. The van der Waals surface area contributed by atoms with Gasteiger partial charge in [-0.2, -0.15) is 0 Å². The molecule has 2 fully saturated rings. The van der Waals surface area contributed by atoms with Gasteiger partial charge in [0, 0.05) is 6.61 Å². The molecule has 0 bridgehead atoms. The van der Waals surface area contributed by atoms with Crippen LogP contribution in [0.25, 0.3) is 0 Å².